The number of hydrogen-bond acceptors (Lipinski definition) is 9. The number of likely N-dealkylation sites (N-methyl/N-ethyl adjacent to an activating group) is 1. The Kier molecular flexibility index (Phi) is 8.15. The van der Waals surface area contributed by atoms with Crippen molar-refractivity contribution in [3.63, 3.8) is 0 Å². The number of ketones is 2. The number of hydrogen-bond donors (Lipinski definition) is 6. The fourth-order valence-corrected chi connectivity index (χ4v) is 6.30. The van der Waals surface area contributed by atoms with Crippen molar-refractivity contribution in [3.05, 3.63) is 63.0 Å². The van der Waals surface area contributed by atoms with Crippen LogP contribution in [0.5, 0.6) is 5.75 Å². The number of primary amides is 1. The van der Waals surface area contributed by atoms with Crippen molar-refractivity contribution in [2.24, 2.45) is 17.6 Å². The second-order valence-corrected chi connectivity index (χ2v) is 11.1. The third-order valence-corrected chi connectivity index (χ3v) is 8.41. The van der Waals surface area contributed by atoms with Gasteiger partial charge < -0.3 is 31.5 Å². The average Bonchev–Trinajstić information content (AvgIpc) is 2.90. The molecule has 2 unspecified atom stereocenters. The lowest BCUT2D eigenvalue weighted by atomic mass is 9.57. The molecule has 4 rings (SSSR count). The van der Waals surface area contributed by atoms with Gasteiger partial charge in [-0.15, -0.1) is 0 Å². The van der Waals surface area contributed by atoms with Crippen LogP contribution < -0.4 is 11.1 Å². The van der Waals surface area contributed by atoms with E-state index in [1.54, 1.807) is 6.92 Å². The molecule has 0 bridgehead atoms. The van der Waals surface area contributed by atoms with Crippen LogP contribution in [0.4, 0.5) is 13.2 Å². The van der Waals surface area contributed by atoms with Crippen molar-refractivity contribution >= 4 is 29.1 Å². The molecule has 1 saturated carbocycles. The van der Waals surface area contributed by atoms with Crippen LogP contribution in [-0.2, 0) is 27.3 Å². The minimum Gasteiger partial charge on any atom is -0.508 e. The average molecular weight is 592 g/mol. The standard InChI is InChI=1S/C29H32F3N3O7/c1-5-11(2)9-34-10-13-7-15(20(30)27(31)32)14-6-12-8-16-21(35(3)4)24(38)19(28(33)41)26(40)29(16,42)25(39)17(12)23(37)18(14)22(13)36/h5,7,12,16,21,34,36-37,40,42H,6,8-10H2,1-4H3,(H2,33,41)/b11-5+/t12?,16?,21-,29-/m0/s1. The third kappa shape index (κ3) is 4.61. The highest BCUT2D eigenvalue weighted by Gasteiger charge is 2.64. The van der Waals surface area contributed by atoms with Crippen LogP contribution in [0, 0.1) is 11.8 Å². The van der Waals surface area contributed by atoms with E-state index in [2.05, 4.69) is 5.32 Å². The molecule has 1 aromatic carbocycles. The van der Waals surface area contributed by atoms with Gasteiger partial charge in [0.05, 0.1) is 11.6 Å². The fourth-order valence-electron chi connectivity index (χ4n) is 6.30. The van der Waals surface area contributed by atoms with Crippen molar-refractivity contribution in [2.75, 3.05) is 20.6 Å². The summed E-state index contributed by atoms with van der Waals surface area (Å²) in [7, 11) is 2.89. The van der Waals surface area contributed by atoms with E-state index in [1.807, 2.05) is 13.0 Å². The molecule has 0 radical (unpaired) electrons. The minimum absolute atomic E-state index is 0.0517. The van der Waals surface area contributed by atoms with E-state index in [1.165, 1.54) is 19.0 Å². The Bertz CT molecular complexity index is 1520. The number of aliphatic hydroxyl groups is 3. The number of phenolic OH excluding ortho intramolecular Hbond substituents is 1. The predicted octanol–water partition coefficient (Wildman–Crippen LogP) is 2.55. The van der Waals surface area contributed by atoms with Crippen molar-refractivity contribution in [1.29, 1.82) is 0 Å². The number of carbonyl (C=O) groups excluding carboxylic acids is 3. The summed E-state index contributed by atoms with van der Waals surface area (Å²) >= 11 is 0. The predicted molar refractivity (Wildman–Crippen MR) is 146 cm³/mol. The Balaban J connectivity index is 1.96. The molecule has 0 spiro atoms. The molecule has 10 nitrogen and oxygen atoms in total. The lowest BCUT2D eigenvalue weighted by molar-refractivity contribution is -0.153. The van der Waals surface area contributed by atoms with E-state index in [0.717, 1.165) is 11.6 Å². The Labute approximate surface area is 239 Å². The molecule has 42 heavy (non-hydrogen) atoms. The number of phenols is 1. The van der Waals surface area contributed by atoms with Gasteiger partial charge in [-0.2, -0.15) is 8.78 Å². The van der Waals surface area contributed by atoms with Crippen LogP contribution in [0.3, 0.4) is 0 Å². The van der Waals surface area contributed by atoms with E-state index in [9.17, 15) is 48.0 Å². The summed E-state index contributed by atoms with van der Waals surface area (Å²) in [6.07, 6.45) is -1.40. The lowest BCUT2D eigenvalue weighted by Crippen LogP contribution is -2.65. The molecule has 4 atom stereocenters. The maximum atomic E-state index is 14.9. The smallest absolute Gasteiger partial charge is 0.306 e. The van der Waals surface area contributed by atoms with Crippen molar-refractivity contribution in [2.45, 2.75) is 44.9 Å². The highest BCUT2D eigenvalue weighted by atomic mass is 19.3. The number of benzene rings is 1. The van der Waals surface area contributed by atoms with Gasteiger partial charge in [0.25, 0.3) is 5.91 Å². The van der Waals surface area contributed by atoms with E-state index >= 15 is 0 Å². The number of nitrogens with one attached hydrogen (secondary N) is 1. The summed E-state index contributed by atoms with van der Waals surface area (Å²) < 4.78 is 42.0. The second-order valence-electron chi connectivity index (χ2n) is 11.1. The van der Waals surface area contributed by atoms with E-state index < -0.39 is 92.4 Å². The number of carbonyl (C=O) groups is 3. The molecule has 13 heteroatoms. The summed E-state index contributed by atoms with van der Waals surface area (Å²) in [6, 6.07) is -0.273. The number of Topliss-reactive ketones (excluding diaryl/α,β-unsaturated/α-hetero) is 2. The Morgan fingerprint density at radius 3 is 2.40 bits per heavy atom. The highest BCUT2D eigenvalue weighted by Crippen LogP contribution is 2.54. The lowest BCUT2D eigenvalue weighted by Gasteiger charge is -2.50. The van der Waals surface area contributed by atoms with Crippen molar-refractivity contribution in [3.8, 4) is 5.75 Å². The first kappa shape index (κ1) is 31.0. The van der Waals surface area contributed by atoms with Gasteiger partial charge in [-0.1, -0.05) is 11.6 Å². The molecular weight excluding hydrogens is 559 g/mol. The van der Waals surface area contributed by atoms with E-state index in [0.29, 0.717) is 6.54 Å². The number of aromatic hydroxyl groups is 1. The number of aliphatic hydroxyl groups excluding tert-OH is 2. The number of fused-ring (bicyclic) bond motifs is 3. The van der Waals surface area contributed by atoms with Gasteiger partial charge >= 0.3 is 6.08 Å². The van der Waals surface area contributed by atoms with Gasteiger partial charge in [-0.05, 0) is 58.3 Å². The molecule has 0 saturated heterocycles. The highest BCUT2D eigenvalue weighted by molar-refractivity contribution is 6.24. The van der Waals surface area contributed by atoms with Crippen LogP contribution in [0.25, 0.3) is 11.6 Å². The molecule has 1 amide bonds. The zero-order valence-electron chi connectivity index (χ0n) is 23.4. The molecule has 3 aliphatic rings. The Morgan fingerprint density at radius 2 is 1.86 bits per heavy atom. The fraction of sp³-hybridized carbons (Fsp3) is 0.414. The Hall–Kier alpha value is -3.94. The largest absolute Gasteiger partial charge is 0.508 e. The monoisotopic (exact) mass is 591 g/mol. The molecule has 0 aliphatic heterocycles. The SMILES string of the molecule is C/C=C(\C)CNCc1cc(C(F)=C(F)F)c2c(c1O)C(O)=C1C(=O)[C@]3(O)C(O)=C(C(N)=O)C(=O)[C@@H](N(C)C)C3CC1C2. The first-order chi connectivity index (χ1) is 19.6. The third-order valence-electron chi connectivity index (χ3n) is 8.41. The molecule has 226 valence electrons. The zero-order valence-corrected chi connectivity index (χ0v) is 23.4. The number of allylic oxidation sites excluding steroid dienone is 1. The molecule has 1 fully saturated rings. The minimum atomic E-state index is -2.86. The zero-order chi connectivity index (χ0) is 31.4. The van der Waals surface area contributed by atoms with Gasteiger partial charge in [0, 0.05) is 35.7 Å². The maximum absolute atomic E-state index is 14.9. The summed E-state index contributed by atoms with van der Waals surface area (Å²) in [5.74, 6) is -10.6. The molecule has 1 aromatic rings. The number of amides is 1. The van der Waals surface area contributed by atoms with Crippen LogP contribution in [-0.4, -0.2) is 75.1 Å². The van der Waals surface area contributed by atoms with E-state index in [4.69, 9.17) is 5.73 Å². The molecule has 0 heterocycles. The van der Waals surface area contributed by atoms with Crippen molar-refractivity contribution in [1.82, 2.24) is 10.2 Å². The molecule has 3 aliphatic carbocycles. The van der Waals surface area contributed by atoms with Gasteiger partial charge in [0.15, 0.2) is 17.2 Å². The van der Waals surface area contributed by atoms with Gasteiger partial charge in [-0.3, -0.25) is 19.3 Å². The number of halogens is 3. The first-order valence-electron chi connectivity index (χ1n) is 13.2. The van der Waals surface area contributed by atoms with Crippen LogP contribution >= 0.6 is 0 Å². The first-order valence-corrected chi connectivity index (χ1v) is 13.2. The normalized spacial score (nSPS) is 25.8. The quantitative estimate of drug-likeness (QED) is 0.206. The molecular formula is C29H32F3N3O7. The second kappa shape index (κ2) is 11.0. The molecule has 7 N–H and O–H groups in total. The van der Waals surface area contributed by atoms with Crippen molar-refractivity contribution < 1.29 is 48.0 Å². The van der Waals surface area contributed by atoms with Gasteiger partial charge in [-0.25, -0.2) is 4.39 Å². The van der Waals surface area contributed by atoms with Crippen LogP contribution in [0.2, 0.25) is 0 Å². The summed E-state index contributed by atoms with van der Waals surface area (Å²) in [5, 5.41) is 48.1. The van der Waals surface area contributed by atoms with Gasteiger partial charge in [0.2, 0.25) is 5.78 Å². The number of rotatable bonds is 7. The van der Waals surface area contributed by atoms with Crippen LogP contribution in [0.1, 0.15) is 42.5 Å². The maximum Gasteiger partial charge on any atom is 0.306 e. The van der Waals surface area contributed by atoms with E-state index in [-0.39, 0.29) is 30.5 Å². The summed E-state index contributed by atoms with van der Waals surface area (Å²) in [6.45, 7) is 3.85. The van der Waals surface area contributed by atoms with Gasteiger partial charge in [0.1, 0.15) is 22.8 Å². The Morgan fingerprint density at radius 1 is 1.21 bits per heavy atom. The topological polar surface area (TPSA) is 173 Å². The van der Waals surface area contributed by atoms with Crippen LogP contribution in [0.15, 0.2) is 40.7 Å². The summed E-state index contributed by atoms with van der Waals surface area (Å²) in [4.78, 5) is 40.5. The summed E-state index contributed by atoms with van der Waals surface area (Å²) in [5.41, 5.74) is 0.624. The number of nitrogens with zero attached hydrogens (tertiary/aromatic N) is 1. The number of nitrogens with two attached hydrogens (primary N) is 1. The molecule has 0 aromatic heterocycles.